The zero-order valence-electron chi connectivity index (χ0n) is 21.5. The van der Waals surface area contributed by atoms with Gasteiger partial charge in [-0.25, -0.2) is 9.78 Å². The lowest BCUT2D eigenvalue weighted by molar-refractivity contribution is -0.121. The number of anilines is 3. The molecule has 0 radical (unpaired) electrons. The van der Waals surface area contributed by atoms with E-state index >= 15 is 0 Å². The van der Waals surface area contributed by atoms with Crippen molar-refractivity contribution in [2.45, 2.75) is 25.5 Å². The number of nitrogens with zero attached hydrogens (tertiary/aromatic N) is 4. The van der Waals surface area contributed by atoms with Crippen LogP contribution in [0.15, 0.2) is 96.5 Å². The van der Waals surface area contributed by atoms with Gasteiger partial charge in [0.05, 0.1) is 5.69 Å². The maximum atomic E-state index is 13.9. The van der Waals surface area contributed by atoms with Gasteiger partial charge in [-0.3, -0.25) is 19.4 Å². The molecular weight excluding hydrogens is 512 g/mol. The lowest BCUT2D eigenvalue weighted by Crippen LogP contribution is -2.46. The van der Waals surface area contributed by atoms with Crippen molar-refractivity contribution in [3.05, 3.63) is 108 Å². The van der Waals surface area contributed by atoms with Gasteiger partial charge >= 0.3 is 6.09 Å². The molecule has 8 nitrogen and oxygen atoms in total. The van der Waals surface area contributed by atoms with Crippen LogP contribution in [0.2, 0.25) is 0 Å². The molecule has 0 saturated carbocycles. The number of para-hydroxylation sites is 1. The third-order valence-electron chi connectivity index (χ3n) is 6.63. The zero-order valence-corrected chi connectivity index (χ0v) is 22.3. The van der Waals surface area contributed by atoms with Crippen molar-refractivity contribution in [1.82, 2.24) is 9.88 Å². The Morgan fingerprint density at radius 3 is 2.31 bits per heavy atom. The molecule has 1 aliphatic heterocycles. The third-order valence-corrected chi connectivity index (χ3v) is 7.39. The molecule has 198 valence electrons. The highest BCUT2D eigenvalue weighted by Gasteiger charge is 2.39. The lowest BCUT2D eigenvalue weighted by Gasteiger charge is -2.28. The van der Waals surface area contributed by atoms with Crippen LogP contribution in [0, 0.1) is 0 Å². The van der Waals surface area contributed by atoms with Crippen molar-refractivity contribution in [3.63, 3.8) is 0 Å². The van der Waals surface area contributed by atoms with Crippen molar-refractivity contribution < 1.29 is 19.1 Å². The van der Waals surface area contributed by atoms with Gasteiger partial charge in [0.2, 0.25) is 0 Å². The molecule has 39 heavy (non-hydrogen) atoms. The zero-order chi connectivity index (χ0) is 27.2. The minimum atomic E-state index is -0.678. The summed E-state index contributed by atoms with van der Waals surface area (Å²) in [5, 5.41) is 2.29. The van der Waals surface area contributed by atoms with Crippen LogP contribution in [0.25, 0.3) is 0 Å². The van der Waals surface area contributed by atoms with Crippen LogP contribution in [0.1, 0.15) is 28.8 Å². The van der Waals surface area contributed by atoms with E-state index in [0.29, 0.717) is 35.8 Å². The summed E-state index contributed by atoms with van der Waals surface area (Å²) >= 11 is 1.33. The Morgan fingerprint density at radius 2 is 1.64 bits per heavy atom. The summed E-state index contributed by atoms with van der Waals surface area (Å²) in [6.07, 6.45) is 2.34. The fourth-order valence-electron chi connectivity index (χ4n) is 4.57. The van der Waals surface area contributed by atoms with Crippen LogP contribution in [-0.4, -0.2) is 47.4 Å². The molecule has 1 aliphatic rings. The number of rotatable bonds is 7. The van der Waals surface area contributed by atoms with E-state index in [-0.39, 0.29) is 18.4 Å². The van der Waals surface area contributed by atoms with Gasteiger partial charge in [0.1, 0.15) is 12.6 Å². The van der Waals surface area contributed by atoms with Crippen molar-refractivity contribution >= 4 is 45.8 Å². The highest BCUT2D eigenvalue weighted by atomic mass is 32.1. The topological polar surface area (TPSA) is 83.1 Å². The number of benzene rings is 3. The number of thiazole rings is 1. The van der Waals surface area contributed by atoms with Gasteiger partial charge in [0.15, 0.2) is 5.13 Å². The van der Waals surface area contributed by atoms with Crippen LogP contribution >= 0.6 is 11.3 Å². The van der Waals surface area contributed by atoms with E-state index in [1.807, 2.05) is 60.7 Å². The number of amides is 3. The molecule has 1 fully saturated rings. The average Bonchev–Trinajstić information content (AvgIpc) is 3.70. The highest BCUT2D eigenvalue weighted by molar-refractivity contribution is 7.13. The quantitative estimate of drug-likeness (QED) is 0.292. The Bertz CT molecular complexity index is 1410. The molecule has 0 bridgehead atoms. The number of hydrogen-bond donors (Lipinski definition) is 0. The first-order valence-electron chi connectivity index (χ1n) is 12.7. The number of carbonyl (C=O) groups excluding carboxylic acids is 3. The molecule has 1 aromatic heterocycles. The Labute approximate surface area is 231 Å². The lowest BCUT2D eigenvalue weighted by atomic mass is 10.1. The van der Waals surface area contributed by atoms with Crippen molar-refractivity contribution in [2.24, 2.45) is 0 Å². The molecule has 0 N–H and O–H groups in total. The minimum absolute atomic E-state index is 0.139. The van der Waals surface area contributed by atoms with Crippen LogP contribution in [0.4, 0.5) is 21.3 Å². The van der Waals surface area contributed by atoms with Crippen LogP contribution in [0.5, 0.6) is 0 Å². The van der Waals surface area contributed by atoms with Crippen molar-refractivity contribution in [1.29, 1.82) is 0 Å². The fourth-order valence-corrected chi connectivity index (χ4v) is 5.23. The standard InChI is InChI=1S/C30H28N4O4S/c1-32(24-11-6-3-7-12-24)27(35)23-14-16-25(17-15-23)34(29-31-18-20-39-29)28(36)26-13-8-19-33(26)30(37)38-21-22-9-4-2-5-10-22/h2-7,9-12,14-18,20,26H,8,13,19,21H2,1H3. The number of aromatic nitrogens is 1. The Morgan fingerprint density at radius 1 is 0.949 bits per heavy atom. The smallest absolute Gasteiger partial charge is 0.410 e. The Hall–Kier alpha value is -4.50. The van der Waals surface area contributed by atoms with E-state index in [2.05, 4.69) is 4.98 Å². The number of carbonyl (C=O) groups is 3. The van der Waals surface area contributed by atoms with Crippen molar-refractivity contribution in [3.8, 4) is 0 Å². The largest absolute Gasteiger partial charge is 0.445 e. The molecule has 1 unspecified atom stereocenters. The van der Waals surface area contributed by atoms with Gasteiger partial charge in [0.25, 0.3) is 11.8 Å². The Kier molecular flexibility index (Phi) is 7.98. The Balaban J connectivity index is 1.34. The predicted octanol–water partition coefficient (Wildman–Crippen LogP) is 5.89. The summed E-state index contributed by atoms with van der Waals surface area (Å²) in [5.41, 5.74) is 2.72. The SMILES string of the molecule is CN(C(=O)c1ccc(N(C(=O)C2CCCN2C(=O)OCc2ccccc2)c2nccs2)cc1)c1ccccc1. The van der Waals surface area contributed by atoms with Gasteiger partial charge in [-0.2, -0.15) is 0 Å². The predicted molar refractivity (Wildman–Crippen MR) is 151 cm³/mol. The number of likely N-dealkylation sites (tertiary alicyclic amines) is 1. The van der Waals surface area contributed by atoms with Crippen LogP contribution in [0.3, 0.4) is 0 Å². The molecule has 0 aliphatic carbocycles. The molecular formula is C30H28N4O4S. The molecule has 9 heteroatoms. The number of ether oxygens (including phenoxy) is 1. The average molecular weight is 541 g/mol. The number of hydrogen-bond acceptors (Lipinski definition) is 6. The normalized spacial score (nSPS) is 14.6. The summed E-state index contributed by atoms with van der Waals surface area (Å²) < 4.78 is 5.53. The molecule has 4 aromatic rings. The van der Waals surface area contributed by atoms with E-state index in [1.165, 1.54) is 21.1 Å². The summed E-state index contributed by atoms with van der Waals surface area (Å²) in [5.74, 6) is -0.428. The summed E-state index contributed by atoms with van der Waals surface area (Å²) in [6.45, 7) is 0.579. The second kappa shape index (κ2) is 11.9. The van der Waals surface area contributed by atoms with E-state index in [0.717, 1.165) is 11.3 Å². The maximum absolute atomic E-state index is 13.9. The maximum Gasteiger partial charge on any atom is 0.410 e. The van der Waals surface area contributed by atoms with Gasteiger partial charge in [-0.15, -0.1) is 11.3 Å². The van der Waals surface area contributed by atoms with Crippen molar-refractivity contribution in [2.75, 3.05) is 23.4 Å². The van der Waals surface area contributed by atoms with Crippen LogP contribution in [-0.2, 0) is 16.1 Å². The molecule has 3 amide bonds. The van der Waals surface area contributed by atoms with E-state index in [4.69, 9.17) is 4.74 Å². The highest BCUT2D eigenvalue weighted by Crippen LogP contribution is 2.32. The van der Waals surface area contributed by atoms with Gasteiger partial charge in [-0.05, 0) is 54.8 Å². The van der Waals surface area contributed by atoms with Crippen LogP contribution < -0.4 is 9.80 Å². The van der Waals surface area contributed by atoms with Gasteiger partial charge in [-0.1, -0.05) is 48.5 Å². The minimum Gasteiger partial charge on any atom is -0.445 e. The van der Waals surface area contributed by atoms with E-state index in [9.17, 15) is 14.4 Å². The molecule has 1 saturated heterocycles. The first-order chi connectivity index (χ1) is 19.0. The second-order valence-corrected chi connectivity index (χ2v) is 10.00. The molecule has 1 atom stereocenters. The summed E-state index contributed by atoms with van der Waals surface area (Å²) in [7, 11) is 1.72. The summed E-state index contributed by atoms with van der Waals surface area (Å²) in [4.78, 5) is 48.9. The molecule has 5 rings (SSSR count). The molecule has 3 aromatic carbocycles. The molecule has 0 spiro atoms. The van der Waals surface area contributed by atoms with E-state index < -0.39 is 12.1 Å². The van der Waals surface area contributed by atoms with E-state index in [1.54, 1.807) is 47.8 Å². The second-order valence-electron chi connectivity index (χ2n) is 9.13. The van der Waals surface area contributed by atoms with Gasteiger partial charge < -0.3 is 9.64 Å². The third kappa shape index (κ3) is 5.83. The monoisotopic (exact) mass is 540 g/mol. The fraction of sp³-hybridized carbons (Fsp3) is 0.200. The first kappa shape index (κ1) is 26.1. The van der Waals surface area contributed by atoms with Gasteiger partial charge in [0, 0.05) is 36.4 Å². The molecule has 2 heterocycles. The first-order valence-corrected chi connectivity index (χ1v) is 13.5. The summed E-state index contributed by atoms with van der Waals surface area (Å²) in [6, 6.07) is 25.0.